The average molecular weight is 435 g/mol. The molecule has 2 heterocycles. The van der Waals surface area contributed by atoms with Crippen molar-refractivity contribution in [2.75, 3.05) is 16.0 Å². The van der Waals surface area contributed by atoms with Gasteiger partial charge >= 0.3 is 0 Å². The van der Waals surface area contributed by atoms with Crippen molar-refractivity contribution in [3.63, 3.8) is 0 Å². The van der Waals surface area contributed by atoms with Crippen molar-refractivity contribution in [2.24, 2.45) is 0 Å². The number of aryl methyl sites for hydroxylation is 1. The lowest BCUT2D eigenvalue weighted by Crippen LogP contribution is -2.45. The van der Waals surface area contributed by atoms with Gasteiger partial charge in [0.15, 0.2) is 0 Å². The Morgan fingerprint density at radius 1 is 1.19 bits per heavy atom. The lowest BCUT2D eigenvalue weighted by molar-refractivity contribution is -0.121. The number of halogens is 2. The minimum Gasteiger partial charge on any atom is -0.368 e. The number of aromatic nitrogens is 2. The van der Waals surface area contributed by atoms with Gasteiger partial charge in [0, 0.05) is 29.2 Å². The summed E-state index contributed by atoms with van der Waals surface area (Å²) < 4.78 is 27.1. The van der Waals surface area contributed by atoms with Gasteiger partial charge in [0.25, 0.3) is 5.91 Å². The topological polar surface area (TPSA) is 101 Å². The Kier molecular flexibility index (Phi) is 4.44. The standard InChI is InChI=1S/C23H19F2N5O2/c1-12-2-4-15(28-20(31)16-5-3-14(24)8-17(16)25)9-18(12)30-11-13-10-27-22(26)29-19(13)23(6-7-23)21(30)32/h2-5,8-10H,6-7,11H2,1H3,(H,28,31)(H2,26,27,29). The van der Waals surface area contributed by atoms with Gasteiger partial charge in [-0.15, -0.1) is 0 Å². The molecule has 2 aromatic carbocycles. The van der Waals surface area contributed by atoms with Crippen LogP contribution in [0, 0.1) is 18.6 Å². The van der Waals surface area contributed by atoms with Gasteiger partial charge in [0.05, 0.1) is 23.2 Å². The predicted octanol–water partition coefficient (Wildman–Crippen LogP) is 3.48. The SMILES string of the molecule is Cc1ccc(NC(=O)c2ccc(F)cc2F)cc1N1Cc2cnc(N)nc2C2(CC2)C1=O. The number of anilines is 3. The van der Waals surface area contributed by atoms with E-state index < -0.39 is 23.0 Å². The molecule has 162 valence electrons. The molecule has 0 radical (unpaired) electrons. The third-order valence-electron chi connectivity index (χ3n) is 6.00. The predicted molar refractivity (Wildman–Crippen MR) is 114 cm³/mol. The number of rotatable bonds is 3. The molecule has 2 amide bonds. The Labute approximate surface area is 182 Å². The number of fused-ring (bicyclic) bond motifs is 2. The summed E-state index contributed by atoms with van der Waals surface area (Å²) in [7, 11) is 0. The van der Waals surface area contributed by atoms with E-state index in [1.54, 1.807) is 29.3 Å². The molecule has 0 unspecified atom stereocenters. The van der Waals surface area contributed by atoms with Crippen molar-refractivity contribution in [2.45, 2.75) is 31.7 Å². The van der Waals surface area contributed by atoms with Crippen molar-refractivity contribution >= 4 is 29.1 Å². The van der Waals surface area contributed by atoms with Crippen LogP contribution in [-0.4, -0.2) is 21.8 Å². The molecule has 3 aromatic rings. The van der Waals surface area contributed by atoms with Crippen molar-refractivity contribution < 1.29 is 18.4 Å². The number of nitrogens with zero attached hydrogens (tertiary/aromatic N) is 3. The molecular weight excluding hydrogens is 416 g/mol. The maximum atomic E-state index is 14.0. The maximum Gasteiger partial charge on any atom is 0.258 e. The highest BCUT2D eigenvalue weighted by Crippen LogP contribution is 2.53. The van der Waals surface area contributed by atoms with Crippen molar-refractivity contribution in [3.8, 4) is 0 Å². The summed E-state index contributed by atoms with van der Waals surface area (Å²) in [6, 6.07) is 7.87. The maximum absolute atomic E-state index is 14.0. The first-order valence-corrected chi connectivity index (χ1v) is 10.1. The van der Waals surface area contributed by atoms with Crippen LogP contribution in [0.15, 0.2) is 42.6 Å². The van der Waals surface area contributed by atoms with E-state index in [0.29, 0.717) is 36.0 Å². The molecule has 1 aromatic heterocycles. The van der Waals surface area contributed by atoms with Gasteiger partial charge in [-0.3, -0.25) is 9.59 Å². The monoisotopic (exact) mass is 435 g/mol. The van der Waals surface area contributed by atoms with E-state index in [0.717, 1.165) is 23.3 Å². The van der Waals surface area contributed by atoms with Crippen LogP contribution in [-0.2, 0) is 16.8 Å². The van der Waals surface area contributed by atoms with E-state index in [-0.39, 0.29) is 24.0 Å². The minimum atomic E-state index is -0.951. The molecule has 0 bridgehead atoms. The molecule has 1 aliphatic carbocycles. The Hall–Kier alpha value is -3.88. The van der Waals surface area contributed by atoms with E-state index >= 15 is 0 Å². The Balaban J connectivity index is 1.47. The van der Waals surface area contributed by atoms with Gasteiger partial charge in [-0.2, -0.15) is 0 Å². The largest absolute Gasteiger partial charge is 0.368 e. The summed E-state index contributed by atoms with van der Waals surface area (Å²) in [5.41, 5.74) is 8.15. The molecule has 1 fully saturated rings. The van der Waals surface area contributed by atoms with Gasteiger partial charge in [-0.05, 0) is 49.6 Å². The quantitative estimate of drug-likeness (QED) is 0.656. The molecule has 1 aliphatic heterocycles. The van der Waals surface area contributed by atoms with E-state index in [4.69, 9.17) is 5.73 Å². The Bertz CT molecular complexity index is 1290. The van der Waals surface area contributed by atoms with Gasteiger partial charge in [0.1, 0.15) is 11.6 Å². The summed E-state index contributed by atoms with van der Waals surface area (Å²) in [6.07, 6.45) is 3.02. The highest BCUT2D eigenvalue weighted by molar-refractivity contribution is 6.07. The molecule has 9 heteroatoms. The van der Waals surface area contributed by atoms with Crippen LogP contribution in [0.2, 0.25) is 0 Å². The lowest BCUT2D eigenvalue weighted by Gasteiger charge is -2.34. The fourth-order valence-electron chi connectivity index (χ4n) is 4.17. The summed E-state index contributed by atoms with van der Waals surface area (Å²) >= 11 is 0. The first-order valence-electron chi connectivity index (χ1n) is 10.1. The normalized spacial score (nSPS) is 16.1. The van der Waals surface area contributed by atoms with Gasteiger partial charge in [-0.25, -0.2) is 18.7 Å². The molecule has 2 aliphatic rings. The highest BCUT2D eigenvalue weighted by Gasteiger charge is 2.58. The molecular formula is C23H19F2N5O2. The van der Waals surface area contributed by atoms with E-state index in [1.165, 1.54) is 0 Å². The summed E-state index contributed by atoms with van der Waals surface area (Å²) in [5.74, 6) is -2.35. The van der Waals surface area contributed by atoms with Crippen molar-refractivity contribution in [3.05, 3.63) is 76.6 Å². The number of benzene rings is 2. The third-order valence-corrected chi connectivity index (χ3v) is 6.00. The van der Waals surface area contributed by atoms with Gasteiger partial charge in [-0.1, -0.05) is 6.07 Å². The second kappa shape index (κ2) is 7.08. The van der Waals surface area contributed by atoms with Crippen molar-refractivity contribution in [1.82, 2.24) is 9.97 Å². The van der Waals surface area contributed by atoms with Crippen LogP contribution in [0.1, 0.15) is 40.0 Å². The number of nitrogens with one attached hydrogen (secondary N) is 1. The van der Waals surface area contributed by atoms with Crippen molar-refractivity contribution in [1.29, 1.82) is 0 Å². The van der Waals surface area contributed by atoms with Crippen LogP contribution in [0.5, 0.6) is 0 Å². The Morgan fingerprint density at radius 2 is 1.97 bits per heavy atom. The number of nitrogen functional groups attached to an aromatic ring is 1. The number of hydrogen-bond acceptors (Lipinski definition) is 5. The molecule has 5 rings (SSSR count). The highest BCUT2D eigenvalue weighted by atomic mass is 19.1. The number of amides is 2. The minimum absolute atomic E-state index is 0.0701. The zero-order valence-electron chi connectivity index (χ0n) is 17.2. The van der Waals surface area contributed by atoms with Crippen LogP contribution >= 0.6 is 0 Å². The number of carbonyl (C=O) groups excluding carboxylic acids is 2. The zero-order chi connectivity index (χ0) is 22.6. The first-order chi connectivity index (χ1) is 15.3. The van der Waals surface area contributed by atoms with Gasteiger partial charge in [0.2, 0.25) is 11.9 Å². The van der Waals surface area contributed by atoms with Crippen LogP contribution in [0.3, 0.4) is 0 Å². The fourth-order valence-corrected chi connectivity index (χ4v) is 4.17. The van der Waals surface area contributed by atoms with E-state index in [1.807, 2.05) is 6.92 Å². The smallest absolute Gasteiger partial charge is 0.258 e. The van der Waals surface area contributed by atoms with E-state index in [2.05, 4.69) is 15.3 Å². The number of nitrogens with two attached hydrogens (primary N) is 1. The third kappa shape index (κ3) is 3.17. The summed E-state index contributed by atoms with van der Waals surface area (Å²) in [5, 5.41) is 2.62. The fraction of sp³-hybridized carbons (Fsp3) is 0.217. The zero-order valence-corrected chi connectivity index (χ0v) is 17.2. The average Bonchev–Trinajstić information content (AvgIpc) is 3.54. The second-order valence-electron chi connectivity index (χ2n) is 8.16. The summed E-state index contributed by atoms with van der Waals surface area (Å²) in [6.45, 7) is 2.14. The summed E-state index contributed by atoms with van der Waals surface area (Å²) in [4.78, 5) is 36.0. The number of hydrogen-bond donors (Lipinski definition) is 2. The van der Waals surface area contributed by atoms with Crippen LogP contribution < -0.4 is 16.0 Å². The lowest BCUT2D eigenvalue weighted by atomic mass is 9.91. The van der Waals surface area contributed by atoms with Crippen LogP contribution in [0.25, 0.3) is 0 Å². The second-order valence-corrected chi connectivity index (χ2v) is 8.16. The molecule has 0 atom stereocenters. The van der Waals surface area contributed by atoms with E-state index in [9.17, 15) is 18.4 Å². The molecule has 1 spiro atoms. The van der Waals surface area contributed by atoms with Crippen LogP contribution in [0.4, 0.5) is 26.1 Å². The molecule has 7 nitrogen and oxygen atoms in total. The number of carbonyl (C=O) groups is 2. The first kappa shape index (κ1) is 20.0. The molecule has 0 saturated heterocycles. The molecule has 32 heavy (non-hydrogen) atoms. The molecule has 1 saturated carbocycles. The molecule has 3 N–H and O–H groups in total. The van der Waals surface area contributed by atoms with Gasteiger partial charge < -0.3 is 16.0 Å². The Morgan fingerprint density at radius 3 is 2.69 bits per heavy atom.